The van der Waals surface area contributed by atoms with Gasteiger partial charge in [-0.3, -0.25) is 9.69 Å². The van der Waals surface area contributed by atoms with Crippen molar-refractivity contribution in [2.24, 2.45) is 5.92 Å². The van der Waals surface area contributed by atoms with Gasteiger partial charge in [-0.2, -0.15) is 0 Å². The Morgan fingerprint density at radius 1 is 0.920 bits per heavy atom. The quantitative estimate of drug-likeness (QED) is 0.801. The van der Waals surface area contributed by atoms with Crippen LogP contribution in [0.4, 0.5) is 5.69 Å². The van der Waals surface area contributed by atoms with Gasteiger partial charge in [0.05, 0.1) is 5.92 Å². The first kappa shape index (κ1) is 17.4. The van der Waals surface area contributed by atoms with Crippen LogP contribution < -0.4 is 4.90 Å². The van der Waals surface area contributed by atoms with E-state index in [0.717, 1.165) is 57.3 Å². The van der Waals surface area contributed by atoms with Crippen molar-refractivity contribution in [1.82, 2.24) is 9.80 Å². The third-order valence-electron chi connectivity index (χ3n) is 5.67. The van der Waals surface area contributed by atoms with E-state index in [2.05, 4.69) is 14.7 Å². The van der Waals surface area contributed by atoms with Gasteiger partial charge in [-0.25, -0.2) is 0 Å². The summed E-state index contributed by atoms with van der Waals surface area (Å²) in [5.41, 5.74) is 1.04. The van der Waals surface area contributed by atoms with Gasteiger partial charge in [0, 0.05) is 54.5 Å². The van der Waals surface area contributed by atoms with E-state index in [1.807, 2.05) is 12.1 Å². The van der Waals surface area contributed by atoms with E-state index in [4.69, 9.17) is 23.2 Å². The Kier molecular flexibility index (Phi) is 5.12. The first-order valence-corrected chi connectivity index (χ1v) is 10.1. The monoisotopic (exact) mass is 381 g/mol. The predicted octanol–water partition coefficient (Wildman–Crippen LogP) is 3.52. The molecule has 2 saturated heterocycles. The van der Waals surface area contributed by atoms with Gasteiger partial charge < -0.3 is 9.80 Å². The van der Waals surface area contributed by atoms with Gasteiger partial charge in [-0.05, 0) is 50.4 Å². The fraction of sp³-hybridized carbons (Fsp3) is 0.632. The topological polar surface area (TPSA) is 26.8 Å². The second-order valence-corrected chi connectivity index (χ2v) is 8.38. The van der Waals surface area contributed by atoms with Gasteiger partial charge in [-0.1, -0.05) is 23.2 Å². The van der Waals surface area contributed by atoms with Crippen molar-refractivity contribution in [1.29, 1.82) is 0 Å². The summed E-state index contributed by atoms with van der Waals surface area (Å²) in [5, 5.41) is 1.31. The standard InChI is InChI=1S/C19H25Cl2N3O/c20-15-10-16(21)12-18(11-15)22-6-8-23(9-7-22)19(25)14-2-1-5-24(13-14)17-3-4-17/h10-12,14,17H,1-9,13H2. The van der Waals surface area contributed by atoms with Crippen molar-refractivity contribution in [3.63, 3.8) is 0 Å². The van der Waals surface area contributed by atoms with Gasteiger partial charge in [0.2, 0.25) is 5.91 Å². The summed E-state index contributed by atoms with van der Waals surface area (Å²) >= 11 is 12.2. The largest absolute Gasteiger partial charge is 0.368 e. The van der Waals surface area contributed by atoms with E-state index in [0.29, 0.717) is 16.0 Å². The molecule has 0 N–H and O–H groups in total. The third kappa shape index (κ3) is 4.07. The van der Waals surface area contributed by atoms with E-state index in [9.17, 15) is 4.79 Å². The summed E-state index contributed by atoms with van der Waals surface area (Å²) < 4.78 is 0. The lowest BCUT2D eigenvalue weighted by Crippen LogP contribution is -2.52. The molecule has 0 radical (unpaired) electrons. The molecule has 6 heteroatoms. The molecule has 1 amide bonds. The van der Waals surface area contributed by atoms with E-state index in [1.165, 1.54) is 19.4 Å². The molecule has 1 aromatic rings. The van der Waals surface area contributed by atoms with Crippen molar-refractivity contribution < 1.29 is 4.79 Å². The highest BCUT2D eigenvalue weighted by Gasteiger charge is 2.36. The maximum atomic E-state index is 12.9. The Labute approximate surface area is 159 Å². The Balaban J connectivity index is 1.34. The number of carbonyl (C=O) groups excluding carboxylic acids is 1. The van der Waals surface area contributed by atoms with Gasteiger partial charge in [0.25, 0.3) is 0 Å². The van der Waals surface area contributed by atoms with Crippen molar-refractivity contribution >= 4 is 34.8 Å². The first-order valence-electron chi connectivity index (χ1n) is 9.34. The molecule has 136 valence electrons. The fourth-order valence-electron chi connectivity index (χ4n) is 4.14. The lowest BCUT2D eigenvalue weighted by Gasteiger charge is -2.40. The van der Waals surface area contributed by atoms with Crippen LogP contribution in [0.1, 0.15) is 25.7 Å². The molecule has 1 aliphatic carbocycles. The molecule has 1 aromatic carbocycles. The average molecular weight is 382 g/mol. The Hall–Kier alpha value is -0.970. The molecule has 4 nitrogen and oxygen atoms in total. The van der Waals surface area contributed by atoms with Crippen LogP contribution >= 0.6 is 23.2 Å². The molecule has 1 atom stereocenters. The second-order valence-electron chi connectivity index (χ2n) is 7.51. The Morgan fingerprint density at radius 2 is 1.60 bits per heavy atom. The molecule has 0 aromatic heterocycles. The molecule has 3 aliphatic rings. The molecule has 2 aliphatic heterocycles. The number of hydrogen-bond acceptors (Lipinski definition) is 3. The third-order valence-corrected chi connectivity index (χ3v) is 6.11. The summed E-state index contributed by atoms with van der Waals surface area (Å²) in [6.07, 6.45) is 4.85. The van der Waals surface area contributed by atoms with Gasteiger partial charge in [0.15, 0.2) is 0 Å². The number of piperidine rings is 1. The summed E-state index contributed by atoms with van der Waals surface area (Å²) in [6, 6.07) is 6.40. The van der Waals surface area contributed by atoms with Crippen LogP contribution in [-0.4, -0.2) is 61.0 Å². The van der Waals surface area contributed by atoms with Crippen molar-refractivity contribution in [2.75, 3.05) is 44.2 Å². The molecule has 25 heavy (non-hydrogen) atoms. The number of carbonyl (C=O) groups is 1. The normalized spacial score (nSPS) is 25.3. The smallest absolute Gasteiger partial charge is 0.227 e. The van der Waals surface area contributed by atoms with Crippen molar-refractivity contribution in [3.8, 4) is 0 Å². The number of piperazine rings is 1. The summed E-state index contributed by atoms with van der Waals surface area (Å²) in [7, 11) is 0. The maximum absolute atomic E-state index is 12.9. The number of benzene rings is 1. The number of amides is 1. The molecular weight excluding hydrogens is 357 g/mol. The van der Waals surface area contributed by atoms with Gasteiger partial charge in [0.1, 0.15) is 0 Å². The van der Waals surface area contributed by atoms with Crippen LogP contribution in [0.2, 0.25) is 10.0 Å². The zero-order valence-corrected chi connectivity index (χ0v) is 16.0. The van der Waals surface area contributed by atoms with Crippen LogP contribution in [0.15, 0.2) is 18.2 Å². The van der Waals surface area contributed by atoms with Crippen LogP contribution in [0.25, 0.3) is 0 Å². The Morgan fingerprint density at radius 3 is 2.24 bits per heavy atom. The highest BCUT2D eigenvalue weighted by atomic mass is 35.5. The lowest BCUT2D eigenvalue weighted by molar-refractivity contribution is -0.137. The summed E-state index contributed by atoms with van der Waals surface area (Å²) in [5.74, 6) is 0.552. The maximum Gasteiger partial charge on any atom is 0.227 e. The highest BCUT2D eigenvalue weighted by Crippen LogP contribution is 2.32. The first-order chi connectivity index (χ1) is 12.1. The minimum Gasteiger partial charge on any atom is -0.368 e. The van der Waals surface area contributed by atoms with Crippen LogP contribution in [0.3, 0.4) is 0 Å². The number of rotatable bonds is 3. The second kappa shape index (κ2) is 7.34. The minimum atomic E-state index is 0.196. The van der Waals surface area contributed by atoms with Crippen molar-refractivity contribution in [3.05, 3.63) is 28.2 Å². The molecule has 0 bridgehead atoms. The molecule has 2 heterocycles. The van der Waals surface area contributed by atoms with E-state index < -0.39 is 0 Å². The number of anilines is 1. The van der Waals surface area contributed by atoms with E-state index >= 15 is 0 Å². The predicted molar refractivity (Wildman–Crippen MR) is 103 cm³/mol. The van der Waals surface area contributed by atoms with Crippen LogP contribution in [0.5, 0.6) is 0 Å². The zero-order valence-electron chi connectivity index (χ0n) is 14.5. The Bertz CT molecular complexity index is 621. The van der Waals surface area contributed by atoms with Gasteiger partial charge in [-0.15, -0.1) is 0 Å². The molecule has 1 unspecified atom stereocenters. The van der Waals surface area contributed by atoms with Gasteiger partial charge >= 0.3 is 0 Å². The molecular formula is C19H25Cl2N3O. The van der Waals surface area contributed by atoms with Crippen LogP contribution in [-0.2, 0) is 4.79 Å². The molecule has 4 rings (SSSR count). The molecule has 1 saturated carbocycles. The molecule has 0 spiro atoms. The number of halogens is 2. The number of nitrogens with zero attached hydrogens (tertiary/aromatic N) is 3. The van der Waals surface area contributed by atoms with E-state index in [1.54, 1.807) is 6.07 Å². The zero-order chi connectivity index (χ0) is 17.4. The number of hydrogen-bond donors (Lipinski definition) is 0. The minimum absolute atomic E-state index is 0.196. The summed E-state index contributed by atoms with van der Waals surface area (Å²) in [6.45, 7) is 5.38. The average Bonchev–Trinajstić information content (AvgIpc) is 3.46. The fourth-order valence-corrected chi connectivity index (χ4v) is 4.66. The van der Waals surface area contributed by atoms with Crippen molar-refractivity contribution in [2.45, 2.75) is 31.7 Å². The highest BCUT2D eigenvalue weighted by molar-refractivity contribution is 6.35. The molecule has 3 fully saturated rings. The van der Waals surface area contributed by atoms with E-state index in [-0.39, 0.29) is 5.92 Å². The van der Waals surface area contributed by atoms with Crippen LogP contribution in [0, 0.1) is 5.92 Å². The SMILES string of the molecule is O=C(C1CCCN(C2CC2)C1)N1CCN(c2cc(Cl)cc(Cl)c2)CC1. The number of likely N-dealkylation sites (tertiary alicyclic amines) is 1. The lowest BCUT2D eigenvalue weighted by atomic mass is 9.96. The summed E-state index contributed by atoms with van der Waals surface area (Å²) in [4.78, 5) is 19.8.